The van der Waals surface area contributed by atoms with Gasteiger partial charge in [-0.15, -0.1) is 0 Å². The number of aromatic nitrogens is 3. The molecule has 2 aromatic heterocycles. The first kappa shape index (κ1) is 14.6. The van der Waals surface area contributed by atoms with Crippen molar-refractivity contribution in [2.75, 3.05) is 18.5 Å². The Balaban J connectivity index is 2.07. The van der Waals surface area contributed by atoms with Crippen LogP contribution in [-0.4, -0.2) is 28.5 Å². The molecule has 1 N–H and O–H groups in total. The van der Waals surface area contributed by atoms with E-state index in [0.717, 1.165) is 11.8 Å². The van der Waals surface area contributed by atoms with E-state index in [1.54, 1.807) is 24.5 Å². The number of hydrogen-bond donors (Lipinski definition) is 1. The fraction of sp³-hybridized carbons (Fsp3) is 0.333. The summed E-state index contributed by atoms with van der Waals surface area (Å²) in [7, 11) is 1.74. The van der Waals surface area contributed by atoms with Gasteiger partial charge in [-0.25, -0.2) is 9.97 Å². The summed E-state index contributed by atoms with van der Waals surface area (Å²) in [5, 5.41) is -0.539. The molecule has 0 spiro atoms. The zero-order chi connectivity index (χ0) is 14.8. The van der Waals surface area contributed by atoms with Crippen LogP contribution in [0.25, 0.3) is 0 Å². The van der Waals surface area contributed by atoms with Crippen molar-refractivity contribution in [1.29, 1.82) is 0 Å². The summed E-state index contributed by atoms with van der Waals surface area (Å²) >= 11 is 5.58. The maximum Gasteiger partial charge on any atom is 0.419 e. The minimum Gasteiger partial charge on any atom is -0.359 e. The molecule has 0 amide bonds. The van der Waals surface area contributed by atoms with Crippen LogP contribution in [0.15, 0.2) is 24.7 Å². The molecule has 2 rings (SSSR count). The van der Waals surface area contributed by atoms with Crippen molar-refractivity contribution in [2.45, 2.75) is 12.6 Å². The number of hydrogen-bond acceptors (Lipinski definition) is 3. The molecule has 0 radical (unpaired) electrons. The van der Waals surface area contributed by atoms with Gasteiger partial charge >= 0.3 is 6.18 Å². The van der Waals surface area contributed by atoms with Crippen LogP contribution in [0.2, 0.25) is 5.15 Å². The Hall–Kier alpha value is -1.76. The number of rotatable bonds is 4. The van der Waals surface area contributed by atoms with Gasteiger partial charge in [0.05, 0.1) is 11.9 Å². The van der Waals surface area contributed by atoms with Crippen molar-refractivity contribution >= 4 is 17.4 Å². The number of nitrogens with one attached hydrogen (secondary N) is 1. The number of pyridine rings is 1. The number of aromatic amines is 1. The first-order valence-corrected chi connectivity index (χ1v) is 6.18. The van der Waals surface area contributed by atoms with E-state index in [0.29, 0.717) is 18.8 Å². The summed E-state index contributed by atoms with van der Waals surface area (Å²) in [5.41, 5.74) is 0.0137. The lowest BCUT2D eigenvalue weighted by molar-refractivity contribution is -0.137. The SMILES string of the molecule is CN(CCc1cnc[nH]1)c1ccc(C(F)(F)F)c(Cl)n1. The lowest BCUT2D eigenvalue weighted by atomic mass is 10.2. The predicted octanol–water partition coefficient (Wildman–Crippen LogP) is 3.16. The molecule has 0 fully saturated rings. The zero-order valence-electron chi connectivity index (χ0n) is 10.6. The highest BCUT2D eigenvalue weighted by molar-refractivity contribution is 6.30. The van der Waals surface area contributed by atoms with Gasteiger partial charge < -0.3 is 9.88 Å². The Morgan fingerprint density at radius 2 is 2.10 bits per heavy atom. The molecule has 2 aromatic rings. The molecule has 0 aliphatic rings. The van der Waals surface area contributed by atoms with Crippen LogP contribution in [0.3, 0.4) is 0 Å². The normalized spacial score (nSPS) is 11.7. The van der Waals surface area contributed by atoms with Gasteiger partial charge in [-0.1, -0.05) is 11.6 Å². The lowest BCUT2D eigenvalue weighted by Crippen LogP contribution is -2.22. The Labute approximate surface area is 118 Å². The summed E-state index contributed by atoms with van der Waals surface area (Å²) in [6, 6.07) is 2.25. The van der Waals surface area contributed by atoms with Gasteiger partial charge in [-0.2, -0.15) is 13.2 Å². The van der Waals surface area contributed by atoms with Gasteiger partial charge in [0.2, 0.25) is 0 Å². The van der Waals surface area contributed by atoms with Crippen LogP contribution in [0.5, 0.6) is 0 Å². The van der Waals surface area contributed by atoms with E-state index >= 15 is 0 Å². The third-order valence-electron chi connectivity index (χ3n) is 2.80. The van der Waals surface area contributed by atoms with E-state index in [-0.39, 0.29) is 0 Å². The standard InChI is InChI=1S/C12H12ClF3N4/c1-20(5-4-8-6-17-7-18-8)10-3-2-9(11(13)19-10)12(14,15)16/h2-3,6-7H,4-5H2,1H3,(H,17,18). The fourth-order valence-electron chi connectivity index (χ4n) is 1.67. The number of halogens is 4. The van der Waals surface area contributed by atoms with Gasteiger partial charge in [0.1, 0.15) is 11.0 Å². The minimum atomic E-state index is -4.49. The van der Waals surface area contributed by atoms with Crippen molar-refractivity contribution in [3.8, 4) is 0 Å². The van der Waals surface area contributed by atoms with E-state index in [1.165, 1.54) is 6.07 Å². The van der Waals surface area contributed by atoms with Crippen LogP contribution >= 0.6 is 11.6 Å². The molecule has 0 aromatic carbocycles. The molecular weight excluding hydrogens is 293 g/mol. The first-order valence-electron chi connectivity index (χ1n) is 5.80. The zero-order valence-corrected chi connectivity index (χ0v) is 11.3. The second kappa shape index (κ2) is 5.70. The molecule has 0 aliphatic carbocycles. The van der Waals surface area contributed by atoms with Gasteiger partial charge in [-0.05, 0) is 12.1 Å². The quantitative estimate of drug-likeness (QED) is 0.883. The Kier molecular flexibility index (Phi) is 4.17. The number of H-pyrrole nitrogens is 1. The Bertz CT molecular complexity index is 569. The highest BCUT2D eigenvalue weighted by atomic mass is 35.5. The topological polar surface area (TPSA) is 44.8 Å². The molecule has 4 nitrogen and oxygen atoms in total. The smallest absolute Gasteiger partial charge is 0.359 e. The maximum atomic E-state index is 12.6. The van der Waals surface area contributed by atoms with Crippen LogP contribution in [0.4, 0.5) is 19.0 Å². The molecule has 2 heterocycles. The number of anilines is 1. The summed E-state index contributed by atoms with van der Waals surface area (Å²) in [5.74, 6) is 0.391. The highest BCUT2D eigenvalue weighted by Gasteiger charge is 2.34. The molecule has 108 valence electrons. The molecule has 0 bridgehead atoms. The van der Waals surface area contributed by atoms with Crippen LogP contribution in [0.1, 0.15) is 11.3 Å². The third kappa shape index (κ3) is 3.41. The summed E-state index contributed by atoms with van der Waals surface area (Å²) < 4.78 is 37.7. The monoisotopic (exact) mass is 304 g/mol. The molecule has 0 aliphatic heterocycles. The molecule has 0 saturated carbocycles. The summed E-state index contributed by atoms with van der Waals surface area (Å²) in [6.45, 7) is 0.580. The van der Waals surface area contributed by atoms with Crippen molar-refractivity contribution in [2.24, 2.45) is 0 Å². The fourth-order valence-corrected chi connectivity index (χ4v) is 1.93. The maximum absolute atomic E-state index is 12.6. The number of alkyl halides is 3. The minimum absolute atomic E-state index is 0.391. The number of nitrogens with zero attached hydrogens (tertiary/aromatic N) is 3. The summed E-state index contributed by atoms with van der Waals surface area (Å²) in [6.07, 6.45) is -0.544. The van der Waals surface area contributed by atoms with Crippen LogP contribution in [-0.2, 0) is 12.6 Å². The second-order valence-corrected chi connectivity index (χ2v) is 4.61. The van der Waals surface area contributed by atoms with E-state index in [4.69, 9.17) is 11.6 Å². The van der Waals surface area contributed by atoms with Crippen molar-refractivity contribution in [1.82, 2.24) is 15.0 Å². The van der Waals surface area contributed by atoms with Gasteiger partial charge in [0.15, 0.2) is 0 Å². The van der Waals surface area contributed by atoms with Crippen LogP contribution < -0.4 is 4.90 Å². The van der Waals surface area contributed by atoms with E-state index < -0.39 is 16.9 Å². The molecule has 0 atom stereocenters. The predicted molar refractivity (Wildman–Crippen MR) is 69.8 cm³/mol. The lowest BCUT2D eigenvalue weighted by Gasteiger charge is -2.19. The van der Waals surface area contributed by atoms with Gasteiger partial charge in [0.25, 0.3) is 0 Å². The average molecular weight is 305 g/mol. The van der Waals surface area contributed by atoms with Gasteiger partial charge in [0, 0.05) is 31.9 Å². The molecule has 20 heavy (non-hydrogen) atoms. The average Bonchev–Trinajstić information content (AvgIpc) is 2.87. The van der Waals surface area contributed by atoms with Gasteiger partial charge in [-0.3, -0.25) is 0 Å². The number of imidazole rings is 1. The van der Waals surface area contributed by atoms with E-state index in [2.05, 4.69) is 15.0 Å². The molecular formula is C12H12ClF3N4. The van der Waals surface area contributed by atoms with Crippen molar-refractivity contribution in [3.63, 3.8) is 0 Å². The van der Waals surface area contributed by atoms with E-state index in [1.807, 2.05) is 0 Å². The third-order valence-corrected chi connectivity index (χ3v) is 3.09. The second-order valence-electron chi connectivity index (χ2n) is 4.25. The summed E-state index contributed by atoms with van der Waals surface area (Å²) in [4.78, 5) is 12.4. The highest BCUT2D eigenvalue weighted by Crippen LogP contribution is 2.34. The largest absolute Gasteiger partial charge is 0.419 e. The Morgan fingerprint density at radius 1 is 1.35 bits per heavy atom. The van der Waals surface area contributed by atoms with Crippen molar-refractivity contribution in [3.05, 3.63) is 41.1 Å². The molecule has 0 saturated heterocycles. The number of likely N-dealkylation sites (N-methyl/N-ethyl adjacent to an activating group) is 1. The first-order chi connectivity index (χ1) is 9.38. The van der Waals surface area contributed by atoms with Crippen LogP contribution in [0, 0.1) is 0 Å². The molecule has 0 unspecified atom stereocenters. The Morgan fingerprint density at radius 3 is 2.65 bits per heavy atom. The van der Waals surface area contributed by atoms with E-state index in [9.17, 15) is 13.2 Å². The molecule has 8 heteroatoms. The van der Waals surface area contributed by atoms with Crippen molar-refractivity contribution < 1.29 is 13.2 Å².